The van der Waals surface area contributed by atoms with E-state index in [-0.39, 0.29) is 5.92 Å². The predicted octanol–water partition coefficient (Wildman–Crippen LogP) is 1.12. The first kappa shape index (κ1) is 12.6. The number of carboxylic acids is 1. The Hall–Kier alpha value is -2.18. The Morgan fingerprint density at radius 1 is 1.43 bits per heavy atom. The highest BCUT2D eigenvalue weighted by atomic mass is 16.4. The van der Waals surface area contributed by atoms with Gasteiger partial charge in [0.1, 0.15) is 5.82 Å². The summed E-state index contributed by atoms with van der Waals surface area (Å²) >= 11 is 0. The quantitative estimate of drug-likeness (QED) is 0.891. The van der Waals surface area contributed by atoms with Crippen molar-refractivity contribution in [2.75, 3.05) is 18.0 Å². The second-order valence-corrected chi connectivity index (χ2v) is 6.13. The molecule has 2 atom stereocenters. The SMILES string of the molecule is Cc1nc2ccc(N3C[C@@H]4CCC[C@@]4(C(=O)O)C3)nn2n1. The van der Waals surface area contributed by atoms with Crippen molar-refractivity contribution in [2.24, 2.45) is 11.3 Å². The Bertz CT molecular complexity index is 727. The number of aryl methyl sites for hydroxylation is 1. The van der Waals surface area contributed by atoms with Crippen LogP contribution in [0.5, 0.6) is 0 Å². The van der Waals surface area contributed by atoms with Crippen LogP contribution in [-0.2, 0) is 4.79 Å². The number of rotatable bonds is 2. The molecule has 2 aliphatic rings. The van der Waals surface area contributed by atoms with E-state index in [1.54, 1.807) is 0 Å². The number of anilines is 1. The molecule has 3 heterocycles. The van der Waals surface area contributed by atoms with E-state index >= 15 is 0 Å². The highest BCUT2D eigenvalue weighted by Crippen LogP contribution is 2.49. The molecule has 0 unspecified atom stereocenters. The van der Waals surface area contributed by atoms with Crippen LogP contribution in [0.15, 0.2) is 12.1 Å². The van der Waals surface area contributed by atoms with Crippen molar-refractivity contribution in [3.63, 3.8) is 0 Å². The van der Waals surface area contributed by atoms with Crippen LogP contribution in [-0.4, -0.2) is 44.0 Å². The van der Waals surface area contributed by atoms with Crippen LogP contribution < -0.4 is 4.90 Å². The Morgan fingerprint density at radius 2 is 2.29 bits per heavy atom. The third-order valence-electron chi connectivity index (χ3n) is 4.92. The summed E-state index contributed by atoms with van der Waals surface area (Å²) in [6, 6.07) is 3.78. The number of nitrogens with zero attached hydrogens (tertiary/aromatic N) is 5. The molecule has 110 valence electrons. The minimum Gasteiger partial charge on any atom is -0.481 e. The molecule has 0 amide bonds. The van der Waals surface area contributed by atoms with Gasteiger partial charge >= 0.3 is 5.97 Å². The van der Waals surface area contributed by atoms with Gasteiger partial charge in [-0.25, -0.2) is 4.98 Å². The maximum absolute atomic E-state index is 11.7. The molecule has 2 aromatic rings. The lowest BCUT2D eigenvalue weighted by molar-refractivity contribution is -0.149. The highest BCUT2D eigenvalue weighted by molar-refractivity contribution is 5.77. The maximum atomic E-state index is 11.7. The Kier molecular flexibility index (Phi) is 2.49. The minimum absolute atomic E-state index is 0.227. The standard InChI is InChI=1S/C14H17N5O2/c1-9-15-11-4-5-12(17-19(11)16-9)18-7-10-3-2-6-14(10,8-18)13(20)21/h4-5,10H,2-3,6-8H2,1H3,(H,20,21)/t10-,14+/m0/s1. The van der Waals surface area contributed by atoms with Gasteiger partial charge in [-0.3, -0.25) is 4.79 Å². The fraction of sp³-hybridized carbons (Fsp3) is 0.571. The van der Waals surface area contributed by atoms with Gasteiger partial charge in [0.2, 0.25) is 0 Å². The third-order valence-corrected chi connectivity index (χ3v) is 4.92. The predicted molar refractivity (Wildman–Crippen MR) is 75.1 cm³/mol. The maximum Gasteiger partial charge on any atom is 0.311 e. The zero-order chi connectivity index (χ0) is 14.6. The largest absolute Gasteiger partial charge is 0.481 e. The van der Waals surface area contributed by atoms with Gasteiger partial charge in [0.25, 0.3) is 0 Å². The van der Waals surface area contributed by atoms with E-state index in [2.05, 4.69) is 20.1 Å². The average molecular weight is 287 g/mol. The fourth-order valence-corrected chi connectivity index (χ4v) is 3.86. The summed E-state index contributed by atoms with van der Waals surface area (Å²) in [6.45, 7) is 3.13. The van der Waals surface area contributed by atoms with Gasteiger partial charge < -0.3 is 10.0 Å². The molecule has 0 aromatic carbocycles. The van der Waals surface area contributed by atoms with Crippen molar-refractivity contribution in [1.29, 1.82) is 0 Å². The summed E-state index contributed by atoms with van der Waals surface area (Å²) in [5, 5.41) is 18.3. The molecule has 0 bridgehead atoms. The van der Waals surface area contributed by atoms with E-state index in [9.17, 15) is 9.90 Å². The van der Waals surface area contributed by atoms with Crippen molar-refractivity contribution in [1.82, 2.24) is 19.8 Å². The van der Waals surface area contributed by atoms with Crippen LogP contribution in [0.25, 0.3) is 5.65 Å². The minimum atomic E-state index is -0.662. The summed E-state index contributed by atoms with van der Waals surface area (Å²) in [5.74, 6) is 1.03. The van der Waals surface area contributed by atoms with Gasteiger partial charge in [0.05, 0.1) is 5.41 Å². The molecule has 4 rings (SSSR count). The van der Waals surface area contributed by atoms with E-state index in [1.165, 1.54) is 4.63 Å². The number of aliphatic carboxylic acids is 1. The topological polar surface area (TPSA) is 83.6 Å². The lowest BCUT2D eigenvalue weighted by Crippen LogP contribution is -2.35. The Morgan fingerprint density at radius 3 is 3.05 bits per heavy atom. The fourth-order valence-electron chi connectivity index (χ4n) is 3.86. The number of carboxylic acid groups (broad SMARTS) is 1. The van der Waals surface area contributed by atoms with Gasteiger partial charge in [-0.15, -0.1) is 14.8 Å². The van der Waals surface area contributed by atoms with Crippen molar-refractivity contribution in [2.45, 2.75) is 26.2 Å². The first-order valence-electron chi connectivity index (χ1n) is 7.27. The molecule has 2 fully saturated rings. The van der Waals surface area contributed by atoms with Gasteiger partial charge in [0, 0.05) is 13.1 Å². The molecule has 2 aromatic heterocycles. The molecule has 7 nitrogen and oxygen atoms in total. The number of hydrogen-bond acceptors (Lipinski definition) is 5. The highest BCUT2D eigenvalue weighted by Gasteiger charge is 2.55. The van der Waals surface area contributed by atoms with E-state index in [0.29, 0.717) is 18.0 Å². The van der Waals surface area contributed by atoms with Crippen LogP contribution in [0.3, 0.4) is 0 Å². The first-order valence-corrected chi connectivity index (χ1v) is 7.27. The molecule has 1 N–H and O–H groups in total. The first-order chi connectivity index (χ1) is 10.1. The number of aromatic nitrogens is 4. The Labute approximate surface area is 121 Å². The zero-order valence-corrected chi connectivity index (χ0v) is 11.9. The Balaban J connectivity index is 1.69. The van der Waals surface area contributed by atoms with Gasteiger partial charge in [-0.1, -0.05) is 6.42 Å². The molecular formula is C14H17N5O2. The van der Waals surface area contributed by atoms with Gasteiger partial charge in [0.15, 0.2) is 11.5 Å². The van der Waals surface area contributed by atoms with Gasteiger partial charge in [-0.2, -0.15) is 0 Å². The molecule has 1 saturated carbocycles. The van der Waals surface area contributed by atoms with Crippen LogP contribution in [0, 0.1) is 18.3 Å². The number of hydrogen-bond donors (Lipinski definition) is 1. The summed E-state index contributed by atoms with van der Waals surface area (Å²) in [4.78, 5) is 18.1. The van der Waals surface area contributed by atoms with E-state index < -0.39 is 11.4 Å². The average Bonchev–Trinajstić information content (AvgIpc) is 3.06. The van der Waals surface area contributed by atoms with E-state index in [0.717, 1.165) is 31.6 Å². The van der Waals surface area contributed by atoms with Crippen molar-refractivity contribution in [3.8, 4) is 0 Å². The molecule has 1 aliphatic heterocycles. The molecular weight excluding hydrogens is 270 g/mol. The van der Waals surface area contributed by atoms with Crippen molar-refractivity contribution in [3.05, 3.63) is 18.0 Å². The normalized spacial score (nSPS) is 28.2. The lowest BCUT2D eigenvalue weighted by Gasteiger charge is -2.23. The van der Waals surface area contributed by atoms with Crippen LogP contribution in [0.1, 0.15) is 25.1 Å². The van der Waals surface area contributed by atoms with E-state index in [4.69, 9.17) is 0 Å². The second-order valence-electron chi connectivity index (χ2n) is 6.13. The summed E-state index contributed by atoms with van der Waals surface area (Å²) < 4.78 is 1.52. The van der Waals surface area contributed by atoms with Crippen LogP contribution >= 0.6 is 0 Å². The van der Waals surface area contributed by atoms with Crippen molar-refractivity contribution >= 4 is 17.4 Å². The molecule has 0 spiro atoms. The summed E-state index contributed by atoms with van der Waals surface area (Å²) in [6.07, 6.45) is 2.78. The number of carbonyl (C=O) groups is 1. The van der Waals surface area contributed by atoms with Crippen LogP contribution in [0.4, 0.5) is 5.82 Å². The monoisotopic (exact) mass is 287 g/mol. The zero-order valence-electron chi connectivity index (χ0n) is 11.9. The molecule has 1 saturated heterocycles. The smallest absolute Gasteiger partial charge is 0.311 e. The van der Waals surface area contributed by atoms with Gasteiger partial charge in [-0.05, 0) is 37.8 Å². The van der Waals surface area contributed by atoms with Crippen LogP contribution in [0.2, 0.25) is 0 Å². The van der Waals surface area contributed by atoms with E-state index in [1.807, 2.05) is 19.1 Å². The third kappa shape index (κ3) is 1.73. The summed E-state index contributed by atoms with van der Waals surface area (Å²) in [7, 11) is 0. The molecule has 1 aliphatic carbocycles. The molecule has 7 heteroatoms. The summed E-state index contributed by atoms with van der Waals surface area (Å²) in [5.41, 5.74) is 0.123. The second kappa shape index (κ2) is 4.16. The van der Waals surface area contributed by atoms with Crippen molar-refractivity contribution < 1.29 is 9.90 Å². The lowest BCUT2D eigenvalue weighted by atomic mass is 9.81. The number of fused-ring (bicyclic) bond motifs is 2. The molecule has 21 heavy (non-hydrogen) atoms. The molecule has 0 radical (unpaired) electrons.